The molecule has 3 aromatic rings. The van der Waals surface area contributed by atoms with Crippen LogP contribution in [-0.2, 0) is 11.3 Å². The van der Waals surface area contributed by atoms with E-state index in [4.69, 9.17) is 16.1 Å². The number of aryl methyl sites for hydroxylation is 2. The maximum atomic E-state index is 12.7. The fourth-order valence-electron chi connectivity index (χ4n) is 3.78. The van der Waals surface area contributed by atoms with Crippen molar-refractivity contribution in [3.63, 3.8) is 0 Å². The molecule has 1 fully saturated rings. The van der Waals surface area contributed by atoms with Crippen LogP contribution in [-0.4, -0.2) is 34.0 Å². The van der Waals surface area contributed by atoms with E-state index in [0.29, 0.717) is 29.0 Å². The zero-order valence-corrected chi connectivity index (χ0v) is 17.9. The number of amides is 1. The summed E-state index contributed by atoms with van der Waals surface area (Å²) in [5, 5.41) is 7.71. The van der Waals surface area contributed by atoms with Gasteiger partial charge in [0.15, 0.2) is 5.82 Å². The molecule has 0 unspecified atom stereocenters. The number of likely N-dealkylation sites (tertiary alicyclic amines) is 1. The number of anilines is 1. The molecule has 0 spiro atoms. The fraction of sp³-hybridized carbons (Fsp3) is 0.348. The SMILES string of the molecule is Cc1cccc(-c2nc(CN3CCC(C(=O)Nc4c(C)cccc4Cl)CC3)no2)c1. The quantitative estimate of drug-likeness (QED) is 0.633. The van der Waals surface area contributed by atoms with E-state index < -0.39 is 0 Å². The maximum Gasteiger partial charge on any atom is 0.257 e. The normalized spacial score (nSPS) is 15.3. The Labute approximate surface area is 181 Å². The second kappa shape index (κ2) is 8.98. The van der Waals surface area contributed by atoms with Crippen molar-refractivity contribution in [3.05, 3.63) is 64.4 Å². The average molecular weight is 425 g/mol. The van der Waals surface area contributed by atoms with Gasteiger partial charge in [-0.15, -0.1) is 0 Å². The summed E-state index contributed by atoms with van der Waals surface area (Å²) in [5.74, 6) is 1.22. The second-order valence-electron chi connectivity index (χ2n) is 7.86. The first-order valence-electron chi connectivity index (χ1n) is 10.2. The Bertz CT molecular complexity index is 1020. The van der Waals surface area contributed by atoms with Gasteiger partial charge in [0.05, 0.1) is 17.3 Å². The van der Waals surface area contributed by atoms with Crippen LogP contribution in [0.2, 0.25) is 5.02 Å². The second-order valence-corrected chi connectivity index (χ2v) is 8.26. The van der Waals surface area contributed by atoms with E-state index in [1.54, 1.807) is 6.07 Å². The van der Waals surface area contributed by atoms with Crippen LogP contribution in [0.25, 0.3) is 11.5 Å². The smallest absolute Gasteiger partial charge is 0.257 e. The average Bonchev–Trinajstić information content (AvgIpc) is 3.20. The number of aromatic nitrogens is 2. The lowest BCUT2D eigenvalue weighted by Crippen LogP contribution is -2.38. The third-order valence-electron chi connectivity index (χ3n) is 5.53. The Kier molecular flexibility index (Phi) is 6.16. The van der Waals surface area contributed by atoms with E-state index in [-0.39, 0.29) is 11.8 Å². The Hall–Kier alpha value is -2.70. The van der Waals surface area contributed by atoms with E-state index in [9.17, 15) is 4.79 Å². The van der Waals surface area contributed by atoms with Crippen molar-refractivity contribution >= 4 is 23.2 Å². The molecule has 1 saturated heterocycles. The molecule has 156 valence electrons. The zero-order valence-electron chi connectivity index (χ0n) is 17.2. The van der Waals surface area contributed by atoms with Crippen molar-refractivity contribution in [3.8, 4) is 11.5 Å². The first-order chi connectivity index (χ1) is 14.5. The summed E-state index contributed by atoms with van der Waals surface area (Å²) in [4.78, 5) is 19.5. The summed E-state index contributed by atoms with van der Waals surface area (Å²) >= 11 is 6.24. The maximum absolute atomic E-state index is 12.7. The molecule has 6 nitrogen and oxygen atoms in total. The molecule has 0 bridgehead atoms. The number of hydrogen-bond donors (Lipinski definition) is 1. The summed E-state index contributed by atoms with van der Waals surface area (Å²) in [6.07, 6.45) is 1.58. The van der Waals surface area contributed by atoms with E-state index in [1.165, 1.54) is 0 Å². The highest BCUT2D eigenvalue weighted by molar-refractivity contribution is 6.33. The lowest BCUT2D eigenvalue weighted by Gasteiger charge is -2.30. The van der Waals surface area contributed by atoms with Gasteiger partial charge in [-0.1, -0.05) is 46.6 Å². The van der Waals surface area contributed by atoms with Gasteiger partial charge in [-0.25, -0.2) is 0 Å². The van der Waals surface area contributed by atoms with Crippen LogP contribution in [0, 0.1) is 19.8 Å². The summed E-state index contributed by atoms with van der Waals surface area (Å²) in [6, 6.07) is 13.6. The van der Waals surface area contributed by atoms with Gasteiger partial charge in [0.25, 0.3) is 5.89 Å². The van der Waals surface area contributed by atoms with Crippen molar-refractivity contribution < 1.29 is 9.32 Å². The molecule has 2 heterocycles. The van der Waals surface area contributed by atoms with E-state index >= 15 is 0 Å². The summed E-state index contributed by atoms with van der Waals surface area (Å²) in [7, 11) is 0. The van der Waals surface area contributed by atoms with Gasteiger partial charge in [0.1, 0.15) is 0 Å². The van der Waals surface area contributed by atoms with Crippen molar-refractivity contribution in [2.45, 2.75) is 33.2 Å². The Morgan fingerprint density at radius 3 is 2.70 bits per heavy atom. The van der Waals surface area contributed by atoms with Crippen LogP contribution in [0.3, 0.4) is 0 Å². The number of carbonyl (C=O) groups is 1. The number of nitrogens with one attached hydrogen (secondary N) is 1. The molecule has 0 aliphatic carbocycles. The number of para-hydroxylation sites is 1. The molecule has 7 heteroatoms. The molecule has 1 aliphatic rings. The zero-order chi connectivity index (χ0) is 21.1. The van der Waals surface area contributed by atoms with Gasteiger partial charge in [-0.05, 0) is 63.5 Å². The molecule has 0 atom stereocenters. The van der Waals surface area contributed by atoms with Crippen molar-refractivity contribution in [1.29, 1.82) is 0 Å². The molecule has 1 aliphatic heterocycles. The largest absolute Gasteiger partial charge is 0.334 e. The van der Waals surface area contributed by atoms with Gasteiger partial charge in [0, 0.05) is 11.5 Å². The predicted molar refractivity (Wildman–Crippen MR) is 117 cm³/mol. The lowest BCUT2D eigenvalue weighted by atomic mass is 9.95. The van der Waals surface area contributed by atoms with Crippen molar-refractivity contribution in [1.82, 2.24) is 15.0 Å². The molecule has 2 aromatic carbocycles. The first-order valence-corrected chi connectivity index (χ1v) is 10.6. The molecule has 1 N–H and O–H groups in total. The molecule has 0 saturated carbocycles. The third kappa shape index (κ3) is 4.71. The molecular formula is C23H25ClN4O2. The standard InChI is InChI=1S/C23H25ClN4O2/c1-15-5-3-7-18(13-15)23-25-20(27-30-23)14-28-11-9-17(10-12-28)22(29)26-21-16(2)6-4-8-19(21)24/h3-8,13,17H,9-12,14H2,1-2H3,(H,26,29). The van der Waals surface area contributed by atoms with Crippen LogP contribution < -0.4 is 5.32 Å². The number of halogens is 1. The number of carbonyl (C=O) groups excluding carboxylic acids is 1. The topological polar surface area (TPSA) is 71.3 Å². The molecular weight excluding hydrogens is 400 g/mol. The summed E-state index contributed by atoms with van der Waals surface area (Å²) in [6.45, 7) is 6.23. The van der Waals surface area contributed by atoms with Crippen molar-refractivity contribution in [2.75, 3.05) is 18.4 Å². The minimum absolute atomic E-state index is 0.0231. The number of rotatable bonds is 5. The van der Waals surface area contributed by atoms with Crippen LogP contribution >= 0.6 is 11.6 Å². The van der Waals surface area contributed by atoms with E-state index in [2.05, 4.69) is 20.4 Å². The van der Waals surface area contributed by atoms with Gasteiger partial charge < -0.3 is 9.84 Å². The Morgan fingerprint density at radius 2 is 1.97 bits per heavy atom. The van der Waals surface area contributed by atoms with Crippen molar-refractivity contribution in [2.24, 2.45) is 5.92 Å². The van der Waals surface area contributed by atoms with Crippen LogP contribution in [0.4, 0.5) is 5.69 Å². The Morgan fingerprint density at radius 1 is 1.20 bits per heavy atom. The fourth-order valence-corrected chi connectivity index (χ4v) is 4.05. The monoisotopic (exact) mass is 424 g/mol. The minimum atomic E-state index is -0.0231. The van der Waals surface area contributed by atoms with Gasteiger partial charge >= 0.3 is 0 Å². The summed E-state index contributed by atoms with van der Waals surface area (Å²) in [5.41, 5.74) is 3.76. The molecule has 1 aromatic heterocycles. The van der Waals surface area contributed by atoms with Crippen LogP contribution in [0.15, 0.2) is 47.0 Å². The van der Waals surface area contributed by atoms with Crippen LogP contribution in [0.1, 0.15) is 29.8 Å². The molecule has 30 heavy (non-hydrogen) atoms. The number of hydrogen-bond acceptors (Lipinski definition) is 5. The Balaban J connectivity index is 1.31. The molecule has 1 amide bonds. The third-order valence-corrected chi connectivity index (χ3v) is 5.84. The molecule has 0 radical (unpaired) electrons. The lowest BCUT2D eigenvalue weighted by molar-refractivity contribution is -0.121. The first kappa shape index (κ1) is 20.6. The van der Waals surface area contributed by atoms with E-state index in [0.717, 1.165) is 42.6 Å². The molecule has 4 rings (SSSR count). The highest BCUT2D eigenvalue weighted by atomic mass is 35.5. The number of piperidine rings is 1. The van der Waals surface area contributed by atoms with Gasteiger partial charge in [0.2, 0.25) is 5.91 Å². The highest BCUT2D eigenvalue weighted by Gasteiger charge is 2.26. The highest BCUT2D eigenvalue weighted by Crippen LogP contribution is 2.27. The van der Waals surface area contributed by atoms with E-state index in [1.807, 2.05) is 50.2 Å². The van der Waals surface area contributed by atoms with Gasteiger partial charge in [-0.2, -0.15) is 4.98 Å². The summed E-state index contributed by atoms with van der Waals surface area (Å²) < 4.78 is 5.43. The number of benzene rings is 2. The van der Waals surface area contributed by atoms with Crippen LogP contribution in [0.5, 0.6) is 0 Å². The number of nitrogens with zero attached hydrogens (tertiary/aromatic N) is 3. The minimum Gasteiger partial charge on any atom is -0.334 e. The predicted octanol–water partition coefficient (Wildman–Crippen LogP) is 4.86. The van der Waals surface area contributed by atoms with Gasteiger partial charge in [-0.3, -0.25) is 9.69 Å².